The van der Waals surface area contributed by atoms with Crippen LogP contribution in [-0.4, -0.2) is 34.9 Å². The summed E-state index contributed by atoms with van der Waals surface area (Å²) in [5.74, 6) is 0.408. The van der Waals surface area contributed by atoms with E-state index >= 15 is 0 Å². The summed E-state index contributed by atoms with van der Waals surface area (Å²) in [7, 11) is 1.76. The molecule has 25 heavy (non-hydrogen) atoms. The molecule has 0 bridgehead atoms. The zero-order valence-corrected chi connectivity index (χ0v) is 13.7. The first kappa shape index (κ1) is 16.5. The van der Waals surface area contributed by atoms with Crippen LogP contribution >= 0.6 is 0 Å². The van der Waals surface area contributed by atoms with Crippen molar-refractivity contribution in [2.75, 3.05) is 12.1 Å². The van der Waals surface area contributed by atoms with Crippen LogP contribution in [0.3, 0.4) is 0 Å². The summed E-state index contributed by atoms with van der Waals surface area (Å²) < 4.78 is 15.7. The molecular weight excluding hydrogens is 319 g/mol. The number of hydrogen-bond acceptors (Lipinski definition) is 4. The van der Waals surface area contributed by atoms with E-state index in [1.165, 1.54) is 12.4 Å². The van der Waals surface area contributed by atoms with Gasteiger partial charge in [-0.15, -0.1) is 0 Å². The molecule has 1 aromatic carbocycles. The van der Waals surface area contributed by atoms with Crippen LogP contribution in [0.4, 0.5) is 10.2 Å². The lowest BCUT2D eigenvalue weighted by molar-refractivity contribution is 0.584. The van der Waals surface area contributed by atoms with Crippen LogP contribution in [0.5, 0.6) is 0 Å². The molecule has 0 saturated carbocycles. The SMILES string of the molecule is C=NC=NN(C)c1cc(-c2ccccn2)nn1Cc1ccccc1F. The van der Waals surface area contributed by atoms with E-state index in [0.717, 1.165) is 5.69 Å². The number of nitrogens with zero attached hydrogens (tertiary/aromatic N) is 6. The highest BCUT2D eigenvalue weighted by atomic mass is 19.1. The molecule has 0 spiro atoms. The van der Waals surface area contributed by atoms with Crippen molar-refractivity contribution in [2.24, 2.45) is 10.1 Å². The lowest BCUT2D eigenvalue weighted by atomic mass is 10.2. The van der Waals surface area contributed by atoms with Gasteiger partial charge in [-0.05, 0) is 24.9 Å². The highest BCUT2D eigenvalue weighted by molar-refractivity contribution is 5.65. The predicted octanol–water partition coefficient (Wildman–Crippen LogP) is 3.21. The molecule has 2 aromatic heterocycles. The van der Waals surface area contributed by atoms with E-state index in [2.05, 4.69) is 26.9 Å². The van der Waals surface area contributed by atoms with Gasteiger partial charge in [0, 0.05) is 24.9 Å². The first-order valence-corrected chi connectivity index (χ1v) is 7.63. The van der Waals surface area contributed by atoms with Crippen LogP contribution in [0.25, 0.3) is 11.4 Å². The molecule has 0 aliphatic rings. The van der Waals surface area contributed by atoms with Crippen LogP contribution in [0.15, 0.2) is 64.8 Å². The van der Waals surface area contributed by atoms with Gasteiger partial charge >= 0.3 is 0 Å². The van der Waals surface area contributed by atoms with Gasteiger partial charge in [-0.1, -0.05) is 24.3 Å². The van der Waals surface area contributed by atoms with Gasteiger partial charge < -0.3 is 0 Å². The second-order valence-electron chi connectivity index (χ2n) is 5.29. The number of rotatable bonds is 6. The lowest BCUT2D eigenvalue weighted by Gasteiger charge is -2.14. The minimum atomic E-state index is -0.276. The smallest absolute Gasteiger partial charge is 0.148 e. The fraction of sp³-hybridized carbons (Fsp3) is 0.111. The Bertz CT molecular complexity index is 888. The maximum atomic E-state index is 14.0. The monoisotopic (exact) mass is 336 g/mol. The number of pyridine rings is 1. The predicted molar refractivity (Wildman–Crippen MR) is 97.4 cm³/mol. The Morgan fingerprint density at radius 3 is 2.72 bits per heavy atom. The zero-order chi connectivity index (χ0) is 17.6. The molecule has 0 fully saturated rings. The Balaban J connectivity index is 2.02. The molecule has 3 aromatic rings. The standard InChI is InChI=1S/C18H17FN6/c1-20-13-22-24(2)18-11-17(16-9-5-6-10-21-16)23-25(18)12-14-7-3-4-8-15(14)19/h3-11,13H,1,12H2,2H3. The van der Waals surface area contributed by atoms with Crippen molar-refractivity contribution in [2.45, 2.75) is 6.54 Å². The Hall–Kier alpha value is -3.35. The molecule has 7 heteroatoms. The van der Waals surface area contributed by atoms with Gasteiger partial charge in [0.05, 0.1) is 12.2 Å². The molecule has 0 amide bonds. The van der Waals surface area contributed by atoms with Crippen LogP contribution in [-0.2, 0) is 6.54 Å². The van der Waals surface area contributed by atoms with E-state index < -0.39 is 0 Å². The molecule has 0 atom stereocenters. The summed E-state index contributed by atoms with van der Waals surface area (Å²) in [6.45, 7) is 3.65. The minimum Gasteiger partial charge on any atom is -0.255 e. The third kappa shape index (κ3) is 3.77. The van der Waals surface area contributed by atoms with Crippen molar-refractivity contribution in [3.05, 3.63) is 66.1 Å². The zero-order valence-electron chi connectivity index (χ0n) is 13.7. The van der Waals surface area contributed by atoms with Crippen LogP contribution in [0.1, 0.15) is 5.56 Å². The van der Waals surface area contributed by atoms with Crippen molar-refractivity contribution in [3.8, 4) is 11.4 Å². The normalized spacial score (nSPS) is 11.0. The van der Waals surface area contributed by atoms with E-state index in [1.54, 1.807) is 41.1 Å². The van der Waals surface area contributed by atoms with Gasteiger partial charge in [0.1, 0.15) is 23.7 Å². The van der Waals surface area contributed by atoms with E-state index in [-0.39, 0.29) is 12.4 Å². The average molecular weight is 336 g/mol. The van der Waals surface area contributed by atoms with E-state index in [1.807, 2.05) is 24.3 Å². The maximum Gasteiger partial charge on any atom is 0.148 e. The molecule has 3 rings (SSSR count). The molecular formula is C18H17FN6. The maximum absolute atomic E-state index is 14.0. The van der Waals surface area contributed by atoms with Crippen LogP contribution in [0, 0.1) is 5.82 Å². The van der Waals surface area contributed by atoms with Gasteiger partial charge in [0.25, 0.3) is 0 Å². The first-order valence-electron chi connectivity index (χ1n) is 7.63. The highest BCUT2D eigenvalue weighted by Gasteiger charge is 2.15. The summed E-state index contributed by atoms with van der Waals surface area (Å²) in [5, 5.41) is 10.3. The van der Waals surface area contributed by atoms with E-state index in [9.17, 15) is 4.39 Å². The number of aromatic nitrogens is 3. The molecule has 0 unspecified atom stereocenters. The number of aliphatic imine (C=N–C) groups is 1. The highest BCUT2D eigenvalue weighted by Crippen LogP contribution is 2.24. The molecule has 126 valence electrons. The van der Waals surface area contributed by atoms with Crippen molar-refractivity contribution in [1.82, 2.24) is 14.8 Å². The Labute approximate surface area is 145 Å². The van der Waals surface area contributed by atoms with Crippen LogP contribution < -0.4 is 5.01 Å². The fourth-order valence-electron chi connectivity index (χ4n) is 2.38. The molecule has 0 saturated heterocycles. The van der Waals surface area contributed by atoms with Crippen molar-refractivity contribution in [3.63, 3.8) is 0 Å². The minimum absolute atomic E-state index is 0.274. The molecule has 0 aliphatic carbocycles. The summed E-state index contributed by atoms with van der Waals surface area (Å²) >= 11 is 0. The van der Waals surface area contributed by atoms with Crippen LogP contribution in [0.2, 0.25) is 0 Å². The van der Waals surface area contributed by atoms with Crippen molar-refractivity contribution in [1.29, 1.82) is 0 Å². The average Bonchev–Trinajstić information content (AvgIpc) is 3.06. The van der Waals surface area contributed by atoms with Gasteiger partial charge in [-0.2, -0.15) is 10.2 Å². The summed E-state index contributed by atoms with van der Waals surface area (Å²) in [6, 6.07) is 14.1. The summed E-state index contributed by atoms with van der Waals surface area (Å²) in [4.78, 5) is 7.92. The number of benzene rings is 1. The quantitative estimate of drug-likeness (QED) is 0.394. The molecule has 0 aliphatic heterocycles. The van der Waals surface area contributed by atoms with Gasteiger partial charge in [-0.25, -0.2) is 14.1 Å². The van der Waals surface area contributed by atoms with Gasteiger partial charge in [0.15, 0.2) is 0 Å². The van der Waals surface area contributed by atoms with Gasteiger partial charge in [-0.3, -0.25) is 9.98 Å². The number of hydrogen-bond donors (Lipinski definition) is 0. The lowest BCUT2D eigenvalue weighted by Crippen LogP contribution is -2.15. The molecule has 0 N–H and O–H groups in total. The number of anilines is 1. The Kier molecular flexibility index (Phi) is 4.94. The third-order valence-electron chi connectivity index (χ3n) is 3.60. The number of hydrazone groups is 1. The fourth-order valence-corrected chi connectivity index (χ4v) is 2.38. The largest absolute Gasteiger partial charge is 0.255 e. The summed E-state index contributed by atoms with van der Waals surface area (Å²) in [6.07, 6.45) is 3.04. The molecule has 0 radical (unpaired) electrons. The summed E-state index contributed by atoms with van der Waals surface area (Å²) in [5.41, 5.74) is 1.95. The topological polar surface area (TPSA) is 58.7 Å². The second kappa shape index (κ2) is 7.48. The third-order valence-corrected chi connectivity index (χ3v) is 3.60. The van der Waals surface area contributed by atoms with Crippen molar-refractivity contribution >= 4 is 18.9 Å². The van der Waals surface area contributed by atoms with Gasteiger partial charge in [0.2, 0.25) is 0 Å². The van der Waals surface area contributed by atoms with E-state index in [0.29, 0.717) is 17.1 Å². The molecule has 6 nitrogen and oxygen atoms in total. The van der Waals surface area contributed by atoms with Crippen molar-refractivity contribution < 1.29 is 4.39 Å². The Morgan fingerprint density at radius 1 is 1.20 bits per heavy atom. The first-order chi connectivity index (χ1) is 12.2. The van der Waals surface area contributed by atoms with E-state index in [4.69, 9.17) is 0 Å². The molecule has 2 heterocycles. The Morgan fingerprint density at radius 2 is 2.00 bits per heavy atom. The number of halogens is 1. The second-order valence-corrected chi connectivity index (χ2v) is 5.29.